The maximum Gasteiger partial charge on any atom is 0.315 e. The van der Waals surface area contributed by atoms with Crippen LogP contribution < -0.4 is 4.74 Å². The quantitative estimate of drug-likeness (QED) is 0.693. The van der Waals surface area contributed by atoms with Gasteiger partial charge in [-0.25, -0.2) is 0 Å². The molecule has 1 aliphatic carbocycles. The van der Waals surface area contributed by atoms with Crippen LogP contribution >= 0.6 is 0 Å². The molecule has 3 heteroatoms. The standard InChI is InChI=1S/C14H12O3/c1-16-11-5-6-12-9(7-11)3-2-4-10-8-13(15)17-14(10)12/h2-3,5-7H,4,8H2,1H3. The van der Waals surface area contributed by atoms with Gasteiger partial charge in [-0.3, -0.25) is 4.79 Å². The Morgan fingerprint density at radius 3 is 3.06 bits per heavy atom. The van der Waals surface area contributed by atoms with Gasteiger partial charge in [0, 0.05) is 5.56 Å². The molecule has 86 valence electrons. The molecule has 0 saturated heterocycles. The van der Waals surface area contributed by atoms with Gasteiger partial charge in [0.1, 0.15) is 11.5 Å². The number of rotatable bonds is 1. The summed E-state index contributed by atoms with van der Waals surface area (Å²) in [6.07, 6.45) is 5.29. The fourth-order valence-corrected chi connectivity index (χ4v) is 2.23. The van der Waals surface area contributed by atoms with Crippen LogP contribution in [0.4, 0.5) is 0 Å². The highest BCUT2D eigenvalue weighted by Crippen LogP contribution is 2.37. The third-order valence-electron chi connectivity index (χ3n) is 3.06. The molecule has 17 heavy (non-hydrogen) atoms. The van der Waals surface area contributed by atoms with Gasteiger partial charge >= 0.3 is 5.97 Å². The van der Waals surface area contributed by atoms with Gasteiger partial charge in [0.05, 0.1) is 13.5 Å². The van der Waals surface area contributed by atoms with Gasteiger partial charge in [0.25, 0.3) is 0 Å². The van der Waals surface area contributed by atoms with E-state index in [4.69, 9.17) is 9.47 Å². The molecule has 2 aliphatic rings. The molecule has 0 aromatic heterocycles. The molecule has 1 heterocycles. The van der Waals surface area contributed by atoms with Crippen LogP contribution in [0.25, 0.3) is 11.8 Å². The Balaban J connectivity index is 2.14. The molecule has 0 saturated carbocycles. The first kappa shape index (κ1) is 10.1. The Labute approximate surface area is 99.3 Å². The van der Waals surface area contributed by atoms with Crippen LogP contribution in [-0.2, 0) is 9.53 Å². The molecule has 0 spiro atoms. The van der Waals surface area contributed by atoms with Gasteiger partial charge in [-0.1, -0.05) is 12.2 Å². The van der Waals surface area contributed by atoms with Crippen molar-refractivity contribution in [1.82, 2.24) is 0 Å². The van der Waals surface area contributed by atoms with Crippen molar-refractivity contribution in [2.45, 2.75) is 12.8 Å². The van der Waals surface area contributed by atoms with Crippen LogP contribution in [0.5, 0.6) is 5.75 Å². The Morgan fingerprint density at radius 1 is 1.35 bits per heavy atom. The number of allylic oxidation sites excluding steroid dienone is 1. The molecule has 3 nitrogen and oxygen atoms in total. The molecule has 0 atom stereocenters. The van der Waals surface area contributed by atoms with E-state index in [2.05, 4.69) is 6.08 Å². The largest absolute Gasteiger partial charge is 0.497 e. The van der Waals surface area contributed by atoms with Crippen LogP contribution in [0, 0.1) is 0 Å². The second kappa shape index (κ2) is 3.77. The average Bonchev–Trinajstić information content (AvgIpc) is 2.62. The van der Waals surface area contributed by atoms with Crippen LogP contribution in [0.2, 0.25) is 0 Å². The number of methoxy groups -OCH3 is 1. The maximum atomic E-state index is 11.3. The number of hydrogen-bond donors (Lipinski definition) is 0. The van der Waals surface area contributed by atoms with E-state index < -0.39 is 0 Å². The molecule has 0 bridgehead atoms. The molecular formula is C14H12O3. The van der Waals surface area contributed by atoms with Crippen molar-refractivity contribution in [3.8, 4) is 5.75 Å². The Hall–Kier alpha value is -2.03. The highest BCUT2D eigenvalue weighted by Gasteiger charge is 2.26. The summed E-state index contributed by atoms with van der Waals surface area (Å²) >= 11 is 0. The molecule has 1 aromatic carbocycles. The molecule has 0 amide bonds. The SMILES string of the molecule is COc1ccc2c(c1)C=CCC1=C2OC(=O)C1. The van der Waals surface area contributed by atoms with E-state index in [0.717, 1.165) is 34.6 Å². The summed E-state index contributed by atoms with van der Waals surface area (Å²) in [7, 11) is 1.64. The normalized spacial score (nSPS) is 17.4. The van der Waals surface area contributed by atoms with Crippen LogP contribution in [0.15, 0.2) is 29.8 Å². The minimum Gasteiger partial charge on any atom is -0.497 e. The lowest BCUT2D eigenvalue weighted by Gasteiger charge is -2.08. The first-order chi connectivity index (χ1) is 8.28. The van der Waals surface area contributed by atoms with E-state index in [1.165, 1.54) is 0 Å². The summed E-state index contributed by atoms with van der Waals surface area (Å²) < 4.78 is 10.5. The van der Waals surface area contributed by atoms with E-state index in [0.29, 0.717) is 6.42 Å². The summed E-state index contributed by atoms with van der Waals surface area (Å²) in [5.41, 5.74) is 3.07. The molecule has 0 radical (unpaired) electrons. The van der Waals surface area contributed by atoms with Crippen molar-refractivity contribution in [3.05, 3.63) is 41.0 Å². The van der Waals surface area contributed by atoms with Gasteiger partial charge in [-0.15, -0.1) is 0 Å². The number of esters is 1. The Kier molecular flexibility index (Phi) is 2.25. The summed E-state index contributed by atoms with van der Waals surface area (Å²) in [6.45, 7) is 0. The minimum atomic E-state index is -0.160. The average molecular weight is 228 g/mol. The van der Waals surface area contributed by atoms with Crippen molar-refractivity contribution in [2.24, 2.45) is 0 Å². The van der Waals surface area contributed by atoms with E-state index in [9.17, 15) is 4.79 Å². The molecule has 0 N–H and O–H groups in total. The smallest absolute Gasteiger partial charge is 0.315 e. The van der Waals surface area contributed by atoms with Crippen molar-refractivity contribution in [1.29, 1.82) is 0 Å². The van der Waals surface area contributed by atoms with Gasteiger partial charge in [-0.05, 0) is 35.8 Å². The molecule has 0 unspecified atom stereocenters. The summed E-state index contributed by atoms with van der Waals surface area (Å²) in [5, 5.41) is 0. The van der Waals surface area contributed by atoms with Crippen LogP contribution in [-0.4, -0.2) is 13.1 Å². The van der Waals surface area contributed by atoms with Crippen LogP contribution in [0.1, 0.15) is 24.0 Å². The fraction of sp³-hybridized carbons (Fsp3) is 0.214. The number of benzene rings is 1. The van der Waals surface area contributed by atoms with E-state index in [1.807, 2.05) is 24.3 Å². The van der Waals surface area contributed by atoms with E-state index in [-0.39, 0.29) is 5.97 Å². The summed E-state index contributed by atoms with van der Waals surface area (Å²) in [6, 6.07) is 5.78. The monoisotopic (exact) mass is 228 g/mol. The fourth-order valence-electron chi connectivity index (χ4n) is 2.23. The van der Waals surface area contributed by atoms with E-state index >= 15 is 0 Å². The zero-order chi connectivity index (χ0) is 11.8. The lowest BCUT2D eigenvalue weighted by molar-refractivity contribution is -0.134. The van der Waals surface area contributed by atoms with Gasteiger partial charge in [-0.2, -0.15) is 0 Å². The lowest BCUT2D eigenvalue weighted by Crippen LogP contribution is -1.96. The van der Waals surface area contributed by atoms with Gasteiger partial charge in [0.2, 0.25) is 0 Å². The van der Waals surface area contributed by atoms with E-state index in [1.54, 1.807) is 7.11 Å². The van der Waals surface area contributed by atoms with Crippen molar-refractivity contribution in [2.75, 3.05) is 7.11 Å². The van der Waals surface area contributed by atoms with Crippen molar-refractivity contribution in [3.63, 3.8) is 0 Å². The van der Waals surface area contributed by atoms with Crippen LogP contribution in [0.3, 0.4) is 0 Å². The molecule has 0 fully saturated rings. The number of carbonyl (C=O) groups is 1. The Bertz CT molecular complexity index is 553. The van der Waals surface area contributed by atoms with Gasteiger partial charge < -0.3 is 9.47 Å². The second-order valence-corrected chi connectivity index (χ2v) is 4.14. The van der Waals surface area contributed by atoms with Crippen molar-refractivity contribution >= 4 is 17.8 Å². The zero-order valence-electron chi connectivity index (χ0n) is 9.53. The highest BCUT2D eigenvalue weighted by molar-refractivity contribution is 5.90. The third-order valence-corrected chi connectivity index (χ3v) is 3.06. The first-order valence-corrected chi connectivity index (χ1v) is 5.55. The van der Waals surface area contributed by atoms with Crippen molar-refractivity contribution < 1.29 is 14.3 Å². The predicted molar refractivity (Wildman–Crippen MR) is 64.3 cm³/mol. The highest BCUT2D eigenvalue weighted by atomic mass is 16.5. The number of hydrogen-bond acceptors (Lipinski definition) is 3. The molecule has 3 rings (SSSR count). The first-order valence-electron chi connectivity index (χ1n) is 5.55. The lowest BCUT2D eigenvalue weighted by atomic mass is 10.0. The minimum absolute atomic E-state index is 0.160. The second-order valence-electron chi connectivity index (χ2n) is 4.14. The predicted octanol–water partition coefficient (Wildman–Crippen LogP) is 2.77. The summed E-state index contributed by atoms with van der Waals surface area (Å²) in [5.74, 6) is 1.38. The molecule has 1 aliphatic heterocycles. The zero-order valence-corrected chi connectivity index (χ0v) is 9.53. The molecular weight excluding hydrogens is 216 g/mol. The third kappa shape index (κ3) is 1.64. The molecule has 1 aromatic rings. The maximum absolute atomic E-state index is 11.3. The van der Waals surface area contributed by atoms with Gasteiger partial charge in [0.15, 0.2) is 0 Å². The Morgan fingerprint density at radius 2 is 2.24 bits per heavy atom. The number of ether oxygens (including phenoxy) is 2. The number of carbonyl (C=O) groups excluding carboxylic acids is 1. The number of fused-ring (bicyclic) bond motifs is 2. The summed E-state index contributed by atoms with van der Waals surface area (Å²) in [4.78, 5) is 11.3. The topological polar surface area (TPSA) is 35.5 Å².